The number of fused-ring (bicyclic) bond motifs is 10. The van der Waals surface area contributed by atoms with Crippen molar-refractivity contribution < 1.29 is 34.8 Å². The summed E-state index contributed by atoms with van der Waals surface area (Å²) in [5.41, 5.74) is 2.89. The molecule has 5 atom stereocenters. The van der Waals surface area contributed by atoms with Crippen LogP contribution >= 0.6 is 0 Å². The second-order valence-corrected chi connectivity index (χ2v) is 9.28. The third-order valence-corrected chi connectivity index (χ3v) is 7.41. The van der Waals surface area contributed by atoms with Crippen LogP contribution in [0.2, 0.25) is 0 Å². The van der Waals surface area contributed by atoms with Gasteiger partial charge in [-0.25, -0.2) is 0 Å². The molecule has 2 amide bonds. The predicted molar refractivity (Wildman–Crippen MR) is 130 cm³/mol. The highest BCUT2D eigenvalue weighted by Crippen LogP contribution is 2.45. The Hall–Kier alpha value is -3.80. The molecule has 0 aliphatic carbocycles. The van der Waals surface area contributed by atoms with Gasteiger partial charge < -0.3 is 34.7 Å². The fourth-order valence-electron chi connectivity index (χ4n) is 5.83. The van der Waals surface area contributed by atoms with E-state index in [1.807, 2.05) is 30.3 Å². The highest BCUT2D eigenvalue weighted by atomic mass is 16.6. The zero-order valence-corrected chi connectivity index (χ0v) is 18.7. The number of para-hydroxylation sites is 2. The van der Waals surface area contributed by atoms with Gasteiger partial charge in [0.2, 0.25) is 0 Å². The number of rotatable bonds is 2. The number of hydrogen-bond acceptors (Lipinski definition) is 7. The van der Waals surface area contributed by atoms with Crippen LogP contribution in [0.1, 0.15) is 26.9 Å². The van der Waals surface area contributed by atoms with Gasteiger partial charge in [0, 0.05) is 27.1 Å². The maximum absolute atomic E-state index is 13.1. The topological polar surface area (TPSA) is 157 Å². The maximum Gasteiger partial charge on any atom is 0.259 e. The third kappa shape index (κ3) is 2.56. The van der Waals surface area contributed by atoms with Crippen LogP contribution in [-0.2, 0) is 4.74 Å². The molecule has 1 saturated heterocycles. The average Bonchev–Trinajstić information content (AvgIpc) is 3.52. The van der Waals surface area contributed by atoms with Crippen LogP contribution in [0.4, 0.5) is 0 Å². The predicted octanol–water partition coefficient (Wildman–Crippen LogP) is 1.28. The first-order valence-corrected chi connectivity index (χ1v) is 11.6. The molecule has 7 rings (SSSR count). The fourth-order valence-corrected chi connectivity index (χ4v) is 5.83. The second-order valence-electron chi connectivity index (χ2n) is 9.28. The van der Waals surface area contributed by atoms with Crippen LogP contribution in [0, 0.1) is 0 Å². The minimum atomic E-state index is -1.59. The summed E-state index contributed by atoms with van der Waals surface area (Å²) >= 11 is 0. The Kier molecular flexibility index (Phi) is 4.39. The van der Waals surface area contributed by atoms with Gasteiger partial charge in [0.25, 0.3) is 11.8 Å². The number of imide groups is 1. The third-order valence-electron chi connectivity index (χ3n) is 7.41. The summed E-state index contributed by atoms with van der Waals surface area (Å²) in [6, 6.07) is 14.6. The van der Waals surface area contributed by atoms with Crippen LogP contribution in [0.3, 0.4) is 0 Å². The number of nitrogens with one attached hydrogen (secondary N) is 2. The summed E-state index contributed by atoms with van der Waals surface area (Å²) in [5.74, 6) is -1.01. The van der Waals surface area contributed by atoms with E-state index in [1.54, 1.807) is 22.8 Å². The van der Waals surface area contributed by atoms with E-state index in [-0.39, 0.29) is 11.1 Å². The molecule has 4 heterocycles. The normalized spacial score (nSPS) is 26.4. The number of aromatic amines is 1. The number of amides is 2. The molecule has 36 heavy (non-hydrogen) atoms. The lowest BCUT2D eigenvalue weighted by Crippen LogP contribution is -2.56. The maximum atomic E-state index is 13.1. The Balaban J connectivity index is 1.70. The molecule has 0 radical (unpaired) electrons. The van der Waals surface area contributed by atoms with Crippen molar-refractivity contribution in [1.29, 1.82) is 0 Å². The standard InChI is InChI=1S/C26H21N3O7/c30-9-14-21(31)22(32)23(33)26(36-14)29-13-8-4-2-6-11(13)16-18-17(24(34)28-25(18)35)15-10-5-1-3-7-12(10)27-19(15)20(16)29/h1-8,14,21-23,26-27,30-33H,9H2,(H,28,34,35)/t14-,21-,22+,23-,26-/m1/s1. The lowest BCUT2D eigenvalue weighted by Gasteiger charge is -2.41. The zero-order chi connectivity index (χ0) is 24.9. The van der Waals surface area contributed by atoms with Crippen LogP contribution in [0.25, 0.3) is 43.6 Å². The van der Waals surface area contributed by atoms with E-state index in [4.69, 9.17) is 4.74 Å². The molecule has 0 unspecified atom stereocenters. The van der Waals surface area contributed by atoms with Crippen molar-refractivity contribution in [3.63, 3.8) is 0 Å². The molecule has 2 aliphatic rings. The number of nitrogens with zero attached hydrogens (tertiary/aromatic N) is 1. The summed E-state index contributed by atoms with van der Waals surface area (Å²) < 4.78 is 7.62. The molecule has 2 aromatic heterocycles. The first kappa shape index (κ1) is 21.5. The smallest absolute Gasteiger partial charge is 0.259 e. The lowest BCUT2D eigenvalue weighted by molar-refractivity contribution is -0.249. The molecule has 3 aromatic carbocycles. The van der Waals surface area contributed by atoms with Gasteiger partial charge in [-0.15, -0.1) is 0 Å². The number of ether oxygens (including phenoxy) is 1. The largest absolute Gasteiger partial charge is 0.394 e. The van der Waals surface area contributed by atoms with E-state index in [1.165, 1.54) is 0 Å². The minimum Gasteiger partial charge on any atom is -0.394 e. The summed E-state index contributed by atoms with van der Waals surface area (Å²) in [6.45, 7) is -0.577. The van der Waals surface area contributed by atoms with Crippen molar-refractivity contribution in [3.05, 3.63) is 59.7 Å². The van der Waals surface area contributed by atoms with Crippen molar-refractivity contribution in [2.45, 2.75) is 30.6 Å². The Bertz CT molecular complexity index is 1750. The van der Waals surface area contributed by atoms with Crippen LogP contribution < -0.4 is 5.32 Å². The average molecular weight is 487 g/mol. The van der Waals surface area contributed by atoms with Crippen LogP contribution in [0.5, 0.6) is 0 Å². The molecule has 2 aliphatic heterocycles. The number of aliphatic hydroxyl groups excluding tert-OH is 4. The SMILES string of the molecule is O=C1NC(=O)c2c1c1c3ccccc3[nH]c1c1c2c2ccccc2n1[C@@H]1O[C@H](CO)[C@@H](O)[C@H](O)[C@H]1O. The molecule has 0 bridgehead atoms. The van der Waals surface area contributed by atoms with Gasteiger partial charge in [-0.2, -0.15) is 0 Å². The van der Waals surface area contributed by atoms with Gasteiger partial charge in [-0.3, -0.25) is 14.9 Å². The van der Waals surface area contributed by atoms with Crippen molar-refractivity contribution in [3.8, 4) is 0 Å². The molecule has 0 spiro atoms. The Morgan fingerprint density at radius 1 is 0.833 bits per heavy atom. The Labute approximate surface area is 202 Å². The van der Waals surface area contributed by atoms with E-state index < -0.39 is 49.1 Å². The number of benzene rings is 3. The van der Waals surface area contributed by atoms with Gasteiger partial charge in [-0.1, -0.05) is 36.4 Å². The number of H-pyrrole nitrogens is 1. The number of aliphatic hydroxyl groups is 4. The van der Waals surface area contributed by atoms with Gasteiger partial charge >= 0.3 is 0 Å². The minimum absolute atomic E-state index is 0.229. The first-order valence-electron chi connectivity index (χ1n) is 11.6. The van der Waals surface area contributed by atoms with E-state index in [0.717, 1.165) is 10.9 Å². The first-order chi connectivity index (χ1) is 17.4. The summed E-state index contributed by atoms with van der Waals surface area (Å²) in [7, 11) is 0. The van der Waals surface area contributed by atoms with Crippen molar-refractivity contribution >= 4 is 55.4 Å². The van der Waals surface area contributed by atoms with Gasteiger partial charge in [-0.05, 0) is 12.1 Å². The van der Waals surface area contributed by atoms with E-state index in [9.17, 15) is 30.0 Å². The lowest BCUT2D eigenvalue weighted by atomic mass is 9.96. The summed E-state index contributed by atoms with van der Waals surface area (Å²) in [5, 5.41) is 46.6. The zero-order valence-electron chi connectivity index (χ0n) is 18.7. The monoisotopic (exact) mass is 487 g/mol. The van der Waals surface area contributed by atoms with Gasteiger partial charge in [0.1, 0.15) is 24.4 Å². The molecular weight excluding hydrogens is 466 g/mol. The number of carbonyl (C=O) groups is 2. The second kappa shape index (κ2) is 7.36. The van der Waals surface area contributed by atoms with Gasteiger partial charge in [0.05, 0.1) is 34.3 Å². The van der Waals surface area contributed by atoms with Crippen molar-refractivity contribution in [2.24, 2.45) is 0 Å². The van der Waals surface area contributed by atoms with Crippen LogP contribution in [-0.4, -0.2) is 72.8 Å². The Morgan fingerprint density at radius 3 is 2.25 bits per heavy atom. The molecular formula is C26H21N3O7. The molecule has 0 saturated carbocycles. The molecule has 10 heteroatoms. The van der Waals surface area contributed by atoms with E-state index >= 15 is 0 Å². The van der Waals surface area contributed by atoms with Gasteiger partial charge in [0.15, 0.2) is 6.23 Å². The molecule has 182 valence electrons. The highest BCUT2D eigenvalue weighted by molar-refractivity contribution is 6.39. The Morgan fingerprint density at radius 2 is 1.50 bits per heavy atom. The highest BCUT2D eigenvalue weighted by Gasteiger charge is 2.46. The van der Waals surface area contributed by atoms with E-state index in [0.29, 0.717) is 32.7 Å². The van der Waals surface area contributed by atoms with Crippen molar-refractivity contribution in [2.75, 3.05) is 6.61 Å². The fraction of sp³-hybridized carbons (Fsp3) is 0.231. The molecule has 10 nitrogen and oxygen atoms in total. The summed E-state index contributed by atoms with van der Waals surface area (Å²) in [6.07, 6.45) is -6.99. The number of carbonyl (C=O) groups excluding carboxylic acids is 2. The molecule has 1 fully saturated rings. The number of aromatic nitrogens is 2. The van der Waals surface area contributed by atoms with Crippen molar-refractivity contribution in [1.82, 2.24) is 14.9 Å². The molecule has 5 aromatic rings. The molecule has 6 N–H and O–H groups in total. The van der Waals surface area contributed by atoms with E-state index in [2.05, 4.69) is 10.3 Å². The number of hydrogen-bond donors (Lipinski definition) is 6. The van der Waals surface area contributed by atoms with Crippen LogP contribution in [0.15, 0.2) is 48.5 Å². The summed E-state index contributed by atoms with van der Waals surface area (Å²) in [4.78, 5) is 29.5. The quantitative estimate of drug-likeness (QED) is 0.205.